The third kappa shape index (κ3) is 4.46. The van der Waals surface area contributed by atoms with E-state index >= 15 is 0 Å². The fourth-order valence-electron chi connectivity index (χ4n) is 4.42. The molecule has 3 unspecified atom stereocenters. The van der Waals surface area contributed by atoms with Crippen molar-refractivity contribution in [2.24, 2.45) is 11.8 Å². The van der Waals surface area contributed by atoms with E-state index in [1.165, 1.54) is 6.26 Å². The molecule has 1 saturated heterocycles. The fraction of sp³-hybridized carbons (Fsp3) is 0.435. The summed E-state index contributed by atoms with van der Waals surface area (Å²) in [6.07, 6.45) is 0.379. The van der Waals surface area contributed by atoms with E-state index in [9.17, 15) is 18.0 Å². The first kappa shape index (κ1) is 22.3. The molecule has 1 aliphatic heterocycles. The number of anilines is 1. The second-order valence-corrected chi connectivity index (χ2v) is 8.92. The van der Waals surface area contributed by atoms with E-state index in [1.807, 2.05) is 6.92 Å². The first-order chi connectivity index (χ1) is 16.2. The third-order valence-electron chi connectivity index (χ3n) is 6.34. The normalized spacial score (nSPS) is 21.8. The first-order valence-electron chi connectivity index (χ1n) is 11.0. The molecule has 3 atom stereocenters. The van der Waals surface area contributed by atoms with Crippen LogP contribution in [0.5, 0.6) is 0 Å². The summed E-state index contributed by atoms with van der Waals surface area (Å²) in [5.74, 6) is 1.20. The number of alkyl halides is 3. The monoisotopic (exact) mass is 472 g/mol. The molecule has 34 heavy (non-hydrogen) atoms. The molecule has 2 fully saturated rings. The molecule has 0 bridgehead atoms. The second kappa shape index (κ2) is 8.37. The highest BCUT2D eigenvalue weighted by Crippen LogP contribution is 2.47. The van der Waals surface area contributed by atoms with Crippen molar-refractivity contribution < 1.29 is 22.4 Å². The standard InChI is InChI=1S/C23H23F3N6O2/c1-12-3-4-18(20-31-13(2)11-34-20)19(30-12)21(33)32-10-15-5-14(15)6-17(32)9-29-22-27-7-16(8-28-22)23(24,25)26/h3-4,7-8,11,14-15,17H,5-6,9-10H2,1-2H3,(H,27,28,29). The number of carbonyl (C=O) groups is 1. The van der Waals surface area contributed by atoms with Gasteiger partial charge < -0.3 is 14.6 Å². The van der Waals surface area contributed by atoms with Gasteiger partial charge in [0, 0.05) is 37.2 Å². The van der Waals surface area contributed by atoms with Crippen molar-refractivity contribution in [2.75, 3.05) is 18.4 Å². The van der Waals surface area contributed by atoms with Gasteiger partial charge in [-0.2, -0.15) is 13.2 Å². The number of fused-ring (bicyclic) bond motifs is 1. The number of aromatic nitrogens is 4. The Labute approximate surface area is 193 Å². The maximum atomic E-state index is 13.7. The molecule has 1 saturated carbocycles. The number of carbonyl (C=O) groups excluding carboxylic acids is 1. The number of pyridine rings is 1. The number of oxazole rings is 1. The molecule has 0 aromatic carbocycles. The van der Waals surface area contributed by atoms with Gasteiger partial charge in [-0.05, 0) is 50.7 Å². The number of nitrogens with zero attached hydrogens (tertiary/aromatic N) is 5. The van der Waals surface area contributed by atoms with Gasteiger partial charge in [0.2, 0.25) is 11.8 Å². The van der Waals surface area contributed by atoms with Crippen LogP contribution in [0.15, 0.2) is 35.2 Å². The summed E-state index contributed by atoms with van der Waals surface area (Å²) >= 11 is 0. The molecule has 1 amide bonds. The number of aryl methyl sites for hydroxylation is 2. The fourth-order valence-corrected chi connectivity index (χ4v) is 4.42. The average molecular weight is 472 g/mol. The van der Waals surface area contributed by atoms with Crippen LogP contribution in [0.1, 0.15) is 40.3 Å². The topological polar surface area (TPSA) is 97.0 Å². The lowest BCUT2D eigenvalue weighted by atomic mass is 10.0. The highest BCUT2D eigenvalue weighted by atomic mass is 19.4. The summed E-state index contributed by atoms with van der Waals surface area (Å²) in [7, 11) is 0. The van der Waals surface area contributed by atoms with Crippen LogP contribution in [0.2, 0.25) is 0 Å². The van der Waals surface area contributed by atoms with Crippen LogP contribution < -0.4 is 5.32 Å². The Balaban J connectivity index is 1.37. The largest absolute Gasteiger partial charge is 0.444 e. The number of nitrogens with one attached hydrogen (secondary N) is 1. The van der Waals surface area contributed by atoms with Crippen molar-refractivity contribution in [1.29, 1.82) is 0 Å². The second-order valence-electron chi connectivity index (χ2n) is 8.92. The van der Waals surface area contributed by atoms with E-state index in [0.29, 0.717) is 47.8 Å². The SMILES string of the molecule is Cc1coc(-c2ccc(C)nc2C(=O)N2CC3CC3CC2CNc2ncc(C(F)(F)F)cn2)n1. The molecule has 3 aromatic heterocycles. The highest BCUT2D eigenvalue weighted by Gasteiger charge is 2.47. The van der Waals surface area contributed by atoms with Crippen LogP contribution in [0.4, 0.5) is 19.1 Å². The van der Waals surface area contributed by atoms with E-state index in [2.05, 4.69) is 25.3 Å². The van der Waals surface area contributed by atoms with Gasteiger partial charge in [0.1, 0.15) is 12.0 Å². The van der Waals surface area contributed by atoms with Crippen molar-refractivity contribution in [1.82, 2.24) is 24.8 Å². The Morgan fingerprint density at radius 2 is 1.88 bits per heavy atom. The van der Waals surface area contributed by atoms with Gasteiger partial charge >= 0.3 is 6.18 Å². The van der Waals surface area contributed by atoms with Crippen molar-refractivity contribution in [3.05, 3.63) is 53.4 Å². The predicted molar refractivity (Wildman–Crippen MR) is 116 cm³/mol. The number of amides is 1. The Hall–Kier alpha value is -3.50. The lowest BCUT2D eigenvalue weighted by Crippen LogP contribution is -2.48. The molecule has 5 rings (SSSR count). The van der Waals surface area contributed by atoms with Crippen molar-refractivity contribution in [2.45, 2.75) is 38.9 Å². The maximum Gasteiger partial charge on any atom is 0.419 e. The van der Waals surface area contributed by atoms with Crippen LogP contribution in [0.25, 0.3) is 11.5 Å². The molecule has 0 radical (unpaired) electrons. The minimum atomic E-state index is -4.49. The van der Waals surface area contributed by atoms with Crippen LogP contribution in [-0.2, 0) is 6.18 Å². The summed E-state index contributed by atoms with van der Waals surface area (Å²) < 4.78 is 43.8. The lowest BCUT2D eigenvalue weighted by Gasteiger charge is -2.35. The zero-order chi connectivity index (χ0) is 24.0. The van der Waals surface area contributed by atoms with Crippen LogP contribution in [0.3, 0.4) is 0 Å². The zero-order valence-corrected chi connectivity index (χ0v) is 18.6. The maximum absolute atomic E-state index is 13.7. The molecule has 2 aliphatic rings. The van der Waals surface area contributed by atoms with Crippen molar-refractivity contribution in [3.63, 3.8) is 0 Å². The van der Waals surface area contributed by atoms with Gasteiger partial charge in [-0.1, -0.05) is 0 Å². The third-order valence-corrected chi connectivity index (χ3v) is 6.34. The molecular formula is C23H23F3N6O2. The van der Waals surface area contributed by atoms with E-state index in [4.69, 9.17) is 4.42 Å². The summed E-state index contributed by atoms with van der Waals surface area (Å²) in [6, 6.07) is 3.41. The van der Waals surface area contributed by atoms with Gasteiger partial charge in [0.05, 0.1) is 16.8 Å². The Bertz CT molecular complexity index is 1210. The molecular weight excluding hydrogens is 449 g/mol. The summed E-state index contributed by atoms with van der Waals surface area (Å²) in [5, 5.41) is 2.99. The molecule has 1 aliphatic carbocycles. The number of hydrogen-bond donors (Lipinski definition) is 1. The first-order valence-corrected chi connectivity index (χ1v) is 11.0. The Kier molecular flexibility index (Phi) is 5.49. The molecule has 1 N–H and O–H groups in total. The van der Waals surface area contributed by atoms with E-state index in [0.717, 1.165) is 25.2 Å². The van der Waals surface area contributed by atoms with Gasteiger partial charge in [0.15, 0.2) is 0 Å². The quantitative estimate of drug-likeness (QED) is 0.597. The van der Waals surface area contributed by atoms with E-state index in [1.54, 1.807) is 24.0 Å². The molecule has 178 valence electrons. The van der Waals surface area contributed by atoms with Gasteiger partial charge in [-0.3, -0.25) is 4.79 Å². The van der Waals surface area contributed by atoms with E-state index in [-0.39, 0.29) is 23.6 Å². The Morgan fingerprint density at radius 3 is 2.56 bits per heavy atom. The summed E-state index contributed by atoms with van der Waals surface area (Å²) in [5.41, 5.74) is 1.29. The van der Waals surface area contributed by atoms with Crippen LogP contribution in [-0.4, -0.2) is 49.9 Å². The number of rotatable bonds is 5. The summed E-state index contributed by atoms with van der Waals surface area (Å²) in [4.78, 5) is 31.9. The van der Waals surface area contributed by atoms with Crippen molar-refractivity contribution >= 4 is 11.9 Å². The highest BCUT2D eigenvalue weighted by molar-refractivity contribution is 5.98. The number of halogens is 3. The van der Waals surface area contributed by atoms with Gasteiger partial charge in [0.25, 0.3) is 5.91 Å². The molecule has 11 heteroatoms. The summed E-state index contributed by atoms with van der Waals surface area (Å²) in [6.45, 7) is 4.54. The van der Waals surface area contributed by atoms with Crippen LogP contribution >= 0.6 is 0 Å². The zero-order valence-electron chi connectivity index (χ0n) is 18.6. The molecule has 4 heterocycles. The minimum Gasteiger partial charge on any atom is -0.444 e. The van der Waals surface area contributed by atoms with E-state index < -0.39 is 11.7 Å². The number of likely N-dealkylation sites (tertiary alicyclic amines) is 1. The van der Waals surface area contributed by atoms with Gasteiger partial charge in [-0.25, -0.2) is 19.9 Å². The number of piperidine rings is 1. The molecule has 0 spiro atoms. The van der Waals surface area contributed by atoms with Crippen LogP contribution in [0, 0.1) is 25.7 Å². The number of hydrogen-bond acceptors (Lipinski definition) is 7. The average Bonchev–Trinajstić information content (AvgIpc) is 3.44. The predicted octanol–water partition coefficient (Wildman–Crippen LogP) is 4.12. The molecule has 8 nitrogen and oxygen atoms in total. The Morgan fingerprint density at radius 1 is 1.12 bits per heavy atom. The lowest BCUT2D eigenvalue weighted by molar-refractivity contribution is -0.138. The minimum absolute atomic E-state index is 0.0861. The van der Waals surface area contributed by atoms with Crippen molar-refractivity contribution in [3.8, 4) is 11.5 Å². The van der Waals surface area contributed by atoms with Gasteiger partial charge in [-0.15, -0.1) is 0 Å². The smallest absolute Gasteiger partial charge is 0.419 e. The molecule has 3 aromatic rings.